The lowest BCUT2D eigenvalue weighted by atomic mass is 9.95. The zero-order valence-electron chi connectivity index (χ0n) is 20.7. The van der Waals surface area contributed by atoms with E-state index in [1.54, 1.807) is 17.0 Å². The van der Waals surface area contributed by atoms with E-state index in [0.717, 1.165) is 11.3 Å². The van der Waals surface area contributed by atoms with Crippen molar-refractivity contribution >= 4 is 22.9 Å². The Kier molecular flexibility index (Phi) is 6.84. The van der Waals surface area contributed by atoms with Crippen LogP contribution in [0.4, 0.5) is 5.82 Å². The van der Waals surface area contributed by atoms with Crippen molar-refractivity contribution in [3.63, 3.8) is 0 Å². The van der Waals surface area contributed by atoms with Crippen LogP contribution in [0.3, 0.4) is 0 Å². The van der Waals surface area contributed by atoms with Crippen LogP contribution in [0.15, 0.2) is 70.2 Å². The number of nitrogens with one attached hydrogen (secondary N) is 1. The van der Waals surface area contributed by atoms with Gasteiger partial charge in [0.25, 0.3) is 5.56 Å². The van der Waals surface area contributed by atoms with Crippen LogP contribution >= 0.6 is 0 Å². The molecule has 1 N–H and O–H groups in total. The molecule has 1 saturated heterocycles. The summed E-state index contributed by atoms with van der Waals surface area (Å²) in [6.45, 7) is 5.65. The van der Waals surface area contributed by atoms with E-state index in [1.165, 1.54) is 5.56 Å². The van der Waals surface area contributed by atoms with Gasteiger partial charge in [-0.25, -0.2) is 9.97 Å². The molecular formula is C28H31N5O3. The number of aromatic nitrogens is 3. The molecular weight excluding hydrogens is 454 g/mol. The first kappa shape index (κ1) is 23.8. The standard InChI is InChI=1S/C28H31N5O3/c1-19-7-9-21(10-8-19)18-33-25-24(6-3-13-29-25)31-26(28(33)35)32-14-11-22(12-15-32)27(34)30-20(2)17-23-5-4-16-36-23/h3-10,13,16,20,22H,11-12,14-15,17-18H2,1-2H3,(H,30,34)/t20-/m0/s1. The number of carbonyl (C=O) groups excluding carboxylic acids is 1. The molecule has 3 aromatic heterocycles. The molecule has 4 aromatic rings. The minimum Gasteiger partial charge on any atom is -0.469 e. The summed E-state index contributed by atoms with van der Waals surface area (Å²) in [5.74, 6) is 1.25. The highest BCUT2D eigenvalue weighted by Crippen LogP contribution is 2.22. The van der Waals surface area contributed by atoms with Crippen molar-refractivity contribution in [1.82, 2.24) is 19.9 Å². The van der Waals surface area contributed by atoms with E-state index in [-0.39, 0.29) is 23.4 Å². The average molecular weight is 486 g/mol. The average Bonchev–Trinajstić information content (AvgIpc) is 3.39. The van der Waals surface area contributed by atoms with Crippen molar-refractivity contribution in [2.45, 2.75) is 45.7 Å². The highest BCUT2D eigenvalue weighted by Gasteiger charge is 2.28. The zero-order chi connectivity index (χ0) is 25.1. The molecule has 8 heteroatoms. The Morgan fingerprint density at radius 1 is 1.14 bits per heavy atom. The normalized spacial score (nSPS) is 15.2. The maximum Gasteiger partial charge on any atom is 0.295 e. The second-order valence-corrected chi connectivity index (χ2v) is 9.61. The second-order valence-electron chi connectivity index (χ2n) is 9.61. The van der Waals surface area contributed by atoms with Crippen molar-refractivity contribution in [1.29, 1.82) is 0 Å². The Bertz CT molecular complexity index is 1390. The Morgan fingerprint density at radius 2 is 1.92 bits per heavy atom. The molecule has 1 aliphatic heterocycles. The minimum absolute atomic E-state index is 0.00897. The number of pyridine rings is 1. The number of piperidine rings is 1. The van der Waals surface area contributed by atoms with Gasteiger partial charge in [-0.3, -0.25) is 14.2 Å². The number of anilines is 1. The highest BCUT2D eigenvalue weighted by atomic mass is 16.3. The molecule has 0 radical (unpaired) electrons. The molecule has 1 aliphatic rings. The smallest absolute Gasteiger partial charge is 0.295 e. The van der Waals surface area contributed by atoms with Crippen LogP contribution in [0.5, 0.6) is 0 Å². The second kappa shape index (κ2) is 10.4. The molecule has 36 heavy (non-hydrogen) atoms. The number of hydrogen-bond donors (Lipinski definition) is 1. The van der Waals surface area contributed by atoms with Crippen molar-refractivity contribution < 1.29 is 9.21 Å². The van der Waals surface area contributed by atoms with Gasteiger partial charge in [0.2, 0.25) is 5.91 Å². The van der Waals surface area contributed by atoms with Gasteiger partial charge in [0.1, 0.15) is 11.3 Å². The fourth-order valence-corrected chi connectivity index (χ4v) is 4.79. The molecule has 0 spiro atoms. The molecule has 1 aromatic carbocycles. The van der Waals surface area contributed by atoms with Crippen LogP contribution in [0, 0.1) is 12.8 Å². The van der Waals surface area contributed by atoms with Crippen LogP contribution in [0.2, 0.25) is 0 Å². The van der Waals surface area contributed by atoms with Crippen molar-refractivity contribution in [3.05, 3.63) is 88.2 Å². The van der Waals surface area contributed by atoms with Gasteiger partial charge >= 0.3 is 0 Å². The predicted octanol–water partition coefficient (Wildman–Crippen LogP) is 3.71. The molecule has 0 bridgehead atoms. The lowest BCUT2D eigenvalue weighted by Gasteiger charge is -2.32. The van der Waals surface area contributed by atoms with Gasteiger partial charge in [-0.05, 0) is 56.5 Å². The Morgan fingerprint density at radius 3 is 2.64 bits per heavy atom. The summed E-state index contributed by atoms with van der Waals surface area (Å²) in [6.07, 6.45) is 5.33. The van der Waals surface area contributed by atoms with E-state index in [4.69, 9.17) is 9.40 Å². The molecule has 0 unspecified atom stereocenters. The molecule has 8 nitrogen and oxygen atoms in total. The van der Waals surface area contributed by atoms with Crippen LogP contribution in [-0.4, -0.2) is 39.6 Å². The maximum atomic E-state index is 13.6. The molecule has 0 saturated carbocycles. The van der Waals surface area contributed by atoms with E-state index >= 15 is 0 Å². The summed E-state index contributed by atoms with van der Waals surface area (Å²) in [4.78, 5) is 37.6. The van der Waals surface area contributed by atoms with Gasteiger partial charge < -0.3 is 14.6 Å². The zero-order valence-corrected chi connectivity index (χ0v) is 20.7. The quantitative estimate of drug-likeness (QED) is 0.429. The van der Waals surface area contributed by atoms with Crippen molar-refractivity contribution in [2.75, 3.05) is 18.0 Å². The molecule has 0 aliphatic carbocycles. The largest absolute Gasteiger partial charge is 0.469 e. The monoisotopic (exact) mass is 485 g/mol. The van der Waals surface area contributed by atoms with Gasteiger partial charge in [-0.1, -0.05) is 29.8 Å². The predicted molar refractivity (Wildman–Crippen MR) is 139 cm³/mol. The first-order valence-corrected chi connectivity index (χ1v) is 12.5. The molecule has 186 valence electrons. The van der Waals surface area contributed by atoms with E-state index in [2.05, 4.69) is 10.3 Å². The summed E-state index contributed by atoms with van der Waals surface area (Å²) >= 11 is 0. The third kappa shape index (κ3) is 5.17. The summed E-state index contributed by atoms with van der Waals surface area (Å²) in [5, 5.41) is 3.11. The van der Waals surface area contributed by atoms with Crippen LogP contribution < -0.4 is 15.8 Å². The van der Waals surface area contributed by atoms with E-state index in [1.807, 2.05) is 67.3 Å². The first-order chi connectivity index (χ1) is 17.5. The number of benzene rings is 1. The lowest BCUT2D eigenvalue weighted by Crippen LogP contribution is -2.45. The van der Waals surface area contributed by atoms with Crippen molar-refractivity contribution in [2.24, 2.45) is 5.92 Å². The molecule has 1 atom stereocenters. The van der Waals surface area contributed by atoms with Crippen LogP contribution in [-0.2, 0) is 17.8 Å². The molecule has 4 heterocycles. The van der Waals surface area contributed by atoms with Crippen LogP contribution in [0.1, 0.15) is 36.7 Å². The maximum absolute atomic E-state index is 13.6. The highest BCUT2D eigenvalue weighted by molar-refractivity contribution is 5.79. The third-order valence-corrected chi connectivity index (χ3v) is 6.79. The van der Waals surface area contributed by atoms with Crippen molar-refractivity contribution in [3.8, 4) is 0 Å². The topological polar surface area (TPSA) is 93.3 Å². The number of aryl methyl sites for hydroxylation is 1. The van der Waals surface area contributed by atoms with Gasteiger partial charge in [0.15, 0.2) is 11.5 Å². The summed E-state index contributed by atoms with van der Waals surface area (Å²) in [7, 11) is 0. The summed E-state index contributed by atoms with van der Waals surface area (Å²) in [6, 6.07) is 15.6. The Balaban J connectivity index is 1.31. The number of rotatable bonds is 7. The minimum atomic E-state index is -0.156. The Labute approximate surface area is 210 Å². The van der Waals surface area contributed by atoms with Gasteiger partial charge in [-0.15, -0.1) is 0 Å². The first-order valence-electron chi connectivity index (χ1n) is 12.5. The summed E-state index contributed by atoms with van der Waals surface area (Å²) < 4.78 is 7.09. The Hall–Kier alpha value is -3.94. The SMILES string of the molecule is Cc1ccc(Cn2c(=O)c(N3CCC(C(=O)N[C@@H](C)Cc4ccco4)CC3)nc3cccnc32)cc1. The lowest BCUT2D eigenvalue weighted by molar-refractivity contribution is -0.126. The fourth-order valence-electron chi connectivity index (χ4n) is 4.79. The van der Waals surface area contributed by atoms with Gasteiger partial charge in [0.05, 0.1) is 12.8 Å². The van der Waals surface area contributed by atoms with E-state index in [9.17, 15) is 9.59 Å². The molecule has 5 rings (SSSR count). The molecule has 1 amide bonds. The summed E-state index contributed by atoms with van der Waals surface area (Å²) in [5.41, 5.74) is 3.31. The number of nitrogens with zero attached hydrogens (tertiary/aromatic N) is 4. The molecule has 1 fully saturated rings. The third-order valence-electron chi connectivity index (χ3n) is 6.79. The number of fused-ring (bicyclic) bond motifs is 1. The van der Waals surface area contributed by atoms with E-state index < -0.39 is 0 Å². The van der Waals surface area contributed by atoms with Gasteiger partial charge in [-0.2, -0.15) is 0 Å². The van der Waals surface area contributed by atoms with Crippen LogP contribution in [0.25, 0.3) is 11.2 Å². The number of carbonyl (C=O) groups is 1. The number of furan rings is 1. The number of hydrogen-bond acceptors (Lipinski definition) is 6. The van der Waals surface area contributed by atoms with Gasteiger partial charge in [0, 0.05) is 37.7 Å². The van der Waals surface area contributed by atoms with E-state index in [0.29, 0.717) is 55.9 Å². The number of amides is 1. The fraction of sp³-hybridized carbons (Fsp3) is 0.357.